The van der Waals surface area contributed by atoms with Gasteiger partial charge in [0.1, 0.15) is 0 Å². The van der Waals surface area contributed by atoms with Crippen LogP contribution >= 0.6 is 12.2 Å². The summed E-state index contributed by atoms with van der Waals surface area (Å²) in [5.74, 6) is -0.355. The molecule has 1 unspecified atom stereocenters. The maximum absolute atomic E-state index is 10.3. The Morgan fingerprint density at radius 1 is 1.60 bits per heavy atom. The van der Waals surface area contributed by atoms with Crippen LogP contribution in [0.4, 0.5) is 0 Å². The van der Waals surface area contributed by atoms with Gasteiger partial charge in [-0.2, -0.15) is 0 Å². The molecule has 0 saturated heterocycles. The van der Waals surface area contributed by atoms with Gasteiger partial charge in [-0.1, -0.05) is 0 Å². The number of hydrogen-bond acceptors (Lipinski definition) is 4. The van der Waals surface area contributed by atoms with E-state index < -0.39 is 6.10 Å². The number of rotatable bonds is 2. The normalized spacial score (nSPS) is 11.9. The van der Waals surface area contributed by atoms with Crippen LogP contribution < -0.4 is 0 Å². The van der Waals surface area contributed by atoms with Gasteiger partial charge in [0.25, 0.3) is 0 Å². The molecule has 0 aliphatic rings. The summed E-state index contributed by atoms with van der Waals surface area (Å²) < 4.78 is 9.36. The molecule has 0 aromatic heterocycles. The van der Waals surface area contributed by atoms with Crippen LogP contribution in [0.3, 0.4) is 0 Å². The van der Waals surface area contributed by atoms with E-state index in [1.807, 2.05) is 0 Å². The van der Waals surface area contributed by atoms with Crippen molar-refractivity contribution in [1.82, 2.24) is 0 Å². The number of ether oxygens (including phenoxy) is 2. The van der Waals surface area contributed by atoms with Crippen LogP contribution in [0.25, 0.3) is 0 Å². The number of thiocarbonyl (C=S) groups is 1. The molecule has 0 bridgehead atoms. The Balaban J connectivity index is 3.72. The van der Waals surface area contributed by atoms with E-state index in [2.05, 4.69) is 4.74 Å². The van der Waals surface area contributed by atoms with Gasteiger partial charge in [0.2, 0.25) is 5.05 Å². The summed E-state index contributed by atoms with van der Waals surface area (Å²) in [6, 6.07) is 0. The lowest BCUT2D eigenvalue weighted by molar-refractivity contribution is -0.143. The molecule has 0 fully saturated rings. The van der Waals surface area contributed by atoms with Gasteiger partial charge in [-0.3, -0.25) is 4.79 Å². The second-order valence-electron chi connectivity index (χ2n) is 1.77. The molecule has 0 saturated carbocycles. The molecule has 10 heavy (non-hydrogen) atoms. The number of carbonyl (C=O) groups is 1. The zero-order chi connectivity index (χ0) is 8.15. The second-order valence-corrected chi connectivity index (χ2v) is 2.18. The molecule has 0 aromatic rings. The number of hydrogen-bond donors (Lipinski definition) is 0. The predicted octanol–water partition coefficient (Wildman–Crippen LogP) is 0.912. The van der Waals surface area contributed by atoms with Crippen LogP contribution in [0.2, 0.25) is 0 Å². The van der Waals surface area contributed by atoms with Crippen molar-refractivity contribution in [3.8, 4) is 0 Å². The topological polar surface area (TPSA) is 35.5 Å². The van der Waals surface area contributed by atoms with Crippen LogP contribution in [0, 0.1) is 0 Å². The first-order valence-corrected chi connectivity index (χ1v) is 3.23. The monoisotopic (exact) mass is 162 g/mol. The van der Waals surface area contributed by atoms with E-state index in [-0.39, 0.29) is 11.0 Å². The minimum atomic E-state index is -0.433. The molecule has 4 heteroatoms. The molecule has 1 atom stereocenters. The molecule has 0 amide bonds. The lowest BCUT2D eigenvalue weighted by atomic mass is 10.4. The molecule has 0 aromatic carbocycles. The molecule has 58 valence electrons. The summed E-state index contributed by atoms with van der Waals surface area (Å²) >= 11 is 4.70. The molecule has 0 aliphatic carbocycles. The van der Waals surface area contributed by atoms with Gasteiger partial charge in [0.05, 0.1) is 7.11 Å². The molecule has 3 nitrogen and oxygen atoms in total. The Bertz CT molecular complexity index is 144. The highest BCUT2D eigenvalue weighted by Crippen LogP contribution is 1.95. The van der Waals surface area contributed by atoms with Gasteiger partial charge < -0.3 is 9.47 Å². The van der Waals surface area contributed by atoms with Crippen molar-refractivity contribution >= 4 is 23.2 Å². The summed E-state index contributed by atoms with van der Waals surface area (Å²) in [6.45, 7) is 2.99. The molecule has 0 aliphatic heterocycles. The van der Waals surface area contributed by atoms with Crippen molar-refractivity contribution < 1.29 is 14.3 Å². The van der Waals surface area contributed by atoms with E-state index in [1.165, 1.54) is 14.0 Å². The van der Waals surface area contributed by atoms with Crippen LogP contribution in [0.15, 0.2) is 0 Å². The largest absolute Gasteiger partial charge is 0.487 e. The average molecular weight is 162 g/mol. The molecular weight excluding hydrogens is 152 g/mol. The van der Waals surface area contributed by atoms with E-state index >= 15 is 0 Å². The van der Waals surface area contributed by atoms with Crippen LogP contribution in [0.1, 0.15) is 13.8 Å². The van der Waals surface area contributed by atoms with Gasteiger partial charge in [0.15, 0.2) is 6.10 Å². The first-order chi connectivity index (χ1) is 4.57. The summed E-state index contributed by atoms with van der Waals surface area (Å²) in [4.78, 5) is 10.3. The van der Waals surface area contributed by atoms with Crippen LogP contribution in [0.5, 0.6) is 0 Å². The summed E-state index contributed by atoms with van der Waals surface area (Å²) in [6.07, 6.45) is -0.433. The standard InChI is InChI=1S/C6H10O3S/c1-4(6(10)8-3)9-5(2)7/h4H,1-3H3. The van der Waals surface area contributed by atoms with Crippen molar-refractivity contribution in [3.05, 3.63) is 0 Å². The molecule has 0 heterocycles. The molecule has 0 radical (unpaired) electrons. The van der Waals surface area contributed by atoms with Crippen LogP contribution in [-0.4, -0.2) is 24.2 Å². The fourth-order valence-electron chi connectivity index (χ4n) is 0.463. The van der Waals surface area contributed by atoms with Crippen molar-refractivity contribution in [2.24, 2.45) is 0 Å². The van der Waals surface area contributed by atoms with Gasteiger partial charge in [-0.05, 0) is 19.1 Å². The highest BCUT2D eigenvalue weighted by atomic mass is 32.1. The smallest absolute Gasteiger partial charge is 0.303 e. The van der Waals surface area contributed by atoms with Crippen molar-refractivity contribution in [2.75, 3.05) is 7.11 Å². The number of methoxy groups -OCH3 is 1. The average Bonchev–Trinajstić information content (AvgIpc) is 1.85. The Kier molecular flexibility index (Phi) is 3.95. The first-order valence-electron chi connectivity index (χ1n) is 2.83. The van der Waals surface area contributed by atoms with Crippen molar-refractivity contribution in [3.63, 3.8) is 0 Å². The third kappa shape index (κ3) is 3.40. The summed E-state index contributed by atoms with van der Waals surface area (Å²) in [5, 5.41) is 0.287. The fourth-order valence-corrected chi connectivity index (χ4v) is 0.511. The van der Waals surface area contributed by atoms with Gasteiger partial charge in [-0.15, -0.1) is 0 Å². The van der Waals surface area contributed by atoms with Gasteiger partial charge >= 0.3 is 5.97 Å². The lowest BCUT2D eigenvalue weighted by Crippen LogP contribution is -2.22. The van der Waals surface area contributed by atoms with Crippen molar-refractivity contribution in [2.45, 2.75) is 20.0 Å². The third-order valence-electron chi connectivity index (χ3n) is 0.876. The van der Waals surface area contributed by atoms with E-state index in [1.54, 1.807) is 6.92 Å². The number of esters is 1. The second kappa shape index (κ2) is 4.22. The number of carbonyl (C=O) groups excluding carboxylic acids is 1. The fraction of sp³-hybridized carbons (Fsp3) is 0.667. The van der Waals surface area contributed by atoms with Crippen molar-refractivity contribution in [1.29, 1.82) is 0 Å². The van der Waals surface area contributed by atoms with Gasteiger partial charge in [0, 0.05) is 6.92 Å². The molecule has 0 N–H and O–H groups in total. The summed E-state index contributed by atoms with van der Waals surface area (Å²) in [5.41, 5.74) is 0. The highest BCUT2D eigenvalue weighted by molar-refractivity contribution is 7.80. The zero-order valence-corrected chi connectivity index (χ0v) is 7.03. The van der Waals surface area contributed by atoms with E-state index in [0.717, 1.165) is 0 Å². The zero-order valence-electron chi connectivity index (χ0n) is 6.21. The van der Waals surface area contributed by atoms with Crippen LogP contribution in [-0.2, 0) is 14.3 Å². The van der Waals surface area contributed by atoms with E-state index in [9.17, 15) is 4.79 Å². The maximum atomic E-state index is 10.3. The Hall–Kier alpha value is -0.640. The summed E-state index contributed by atoms with van der Waals surface area (Å²) in [7, 11) is 1.45. The maximum Gasteiger partial charge on any atom is 0.303 e. The predicted molar refractivity (Wildman–Crippen MR) is 40.8 cm³/mol. The van der Waals surface area contributed by atoms with E-state index in [4.69, 9.17) is 17.0 Å². The SMILES string of the molecule is COC(=S)C(C)OC(C)=O. The quantitative estimate of drug-likeness (QED) is 0.446. The minimum Gasteiger partial charge on any atom is -0.487 e. The molecular formula is C6H10O3S. The van der Waals surface area contributed by atoms with Gasteiger partial charge in [-0.25, -0.2) is 0 Å². The third-order valence-corrected chi connectivity index (χ3v) is 1.37. The highest BCUT2D eigenvalue weighted by Gasteiger charge is 2.10. The Labute approximate surface area is 65.3 Å². The first kappa shape index (κ1) is 9.36. The van der Waals surface area contributed by atoms with E-state index in [0.29, 0.717) is 0 Å². The minimum absolute atomic E-state index is 0.287. The lowest BCUT2D eigenvalue weighted by Gasteiger charge is -2.10. The Morgan fingerprint density at radius 2 is 2.10 bits per heavy atom. The Morgan fingerprint density at radius 3 is 2.40 bits per heavy atom. The molecule has 0 spiro atoms. The molecule has 0 rings (SSSR count).